The number of aliphatic carboxylic acids is 1. The summed E-state index contributed by atoms with van der Waals surface area (Å²) in [6.45, 7) is 4.39. The lowest BCUT2D eigenvalue weighted by atomic mass is 9.86. The molecule has 0 rings (SSSR count). The second-order valence-electron chi connectivity index (χ2n) is 3.26. The Bertz CT molecular complexity index is 197. The van der Waals surface area contributed by atoms with Crippen LogP contribution in [0.3, 0.4) is 0 Å². The van der Waals surface area contributed by atoms with Gasteiger partial charge in [-0.25, -0.2) is 4.79 Å². The highest BCUT2D eigenvalue weighted by molar-refractivity contribution is 5.86. The lowest BCUT2D eigenvalue weighted by molar-refractivity contribution is -0.166. The molecule has 0 bridgehead atoms. The van der Waals surface area contributed by atoms with Crippen LogP contribution < -0.4 is 0 Å². The van der Waals surface area contributed by atoms with E-state index in [0.717, 1.165) is 0 Å². The van der Waals surface area contributed by atoms with Crippen molar-refractivity contribution in [3.8, 4) is 0 Å². The van der Waals surface area contributed by atoms with Gasteiger partial charge in [0.25, 0.3) is 0 Å². The largest absolute Gasteiger partial charge is 0.479 e. The van der Waals surface area contributed by atoms with Crippen LogP contribution in [0.25, 0.3) is 0 Å². The van der Waals surface area contributed by atoms with Crippen molar-refractivity contribution in [1.29, 1.82) is 0 Å². The van der Waals surface area contributed by atoms with E-state index in [4.69, 9.17) is 5.11 Å². The smallest absolute Gasteiger partial charge is 0.336 e. The second-order valence-corrected chi connectivity index (χ2v) is 3.26. The summed E-state index contributed by atoms with van der Waals surface area (Å²) in [5, 5.41) is 18.2. The SMILES string of the molecule is CC(=O)CC(O)(C(=O)O)C(C)C. The van der Waals surface area contributed by atoms with Gasteiger partial charge in [-0.15, -0.1) is 0 Å². The summed E-state index contributed by atoms with van der Waals surface area (Å²) in [4.78, 5) is 21.2. The lowest BCUT2D eigenvalue weighted by Crippen LogP contribution is -2.45. The maximum Gasteiger partial charge on any atom is 0.336 e. The predicted molar refractivity (Wildman–Crippen MR) is 42.7 cm³/mol. The van der Waals surface area contributed by atoms with Gasteiger partial charge in [0, 0.05) is 6.42 Å². The van der Waals surface area contributed by atoms with Crippen molar-refractivity contribution in [3.05, 3.63) is 0 Å². The van der Waals surface area contributed by atoms with E-state index >= 15 is 0 Å². The molecule has 4 nitrogen and oxygen atoms in total. The minimum absolute atomic E-state index is 0.325. The standard InChI is InChI=1S/C8H14O4/c1-5(2)8(12,7(10)11)4-6(3)9/h5,12H,4H2,1-3H3,(H,10,11). The molecular formula is C8H14O4. The van der Waals surface area contributed by atoms with Crippen LogP contribution in [0, 0.1) is 5.92 Å². The average Bonchev–Trinajstić information content (AvgIpc) is 1.84. The maximum atomic E-state index is 10.6. The molecule has 0 heterocycles. The van der Waals surface area contributed by atoms with Gasteiger partial charge in [0.05, 0.1) is 0 Å². The Morgan fingerprint density at radius 3 is 1.92 bits per heavy atom. The molecule has 0 aliphatic rings. The Labute approximate surface area is 71.2 Å². The highest BCUT2D eigenvalue weighted by Crippen LogP contribution is 2.21. The van der Waals surface area contributed by atoms with E-state index in [1.165, 1.54) is 6.92 Å². The van der Waals surface area contributed by atoms with Crippen molar-refractivity contribution in [2.45, 2.75) is 32.8 Å². The molecular weight excluding hydrogens is 160 g/mol. The van der Waals surface area contributed by atoms with Crippen LogP contribution in [0.4, 0.5) is 0 Å². The first-order valence-electron chi connectivity index (χ1n) is 3.76. The van der Waals surface area contributed by atoms with Crippen LogP contribution in [0.1, 0.15) is 27.2 Å². The highest BCUT2D eigenvalue weighted by Gasteiger charge is 2.40. The summed E-state index contributed by atoms with van der Waals surface area (Å²) in [6, 6.07) is 0. The number of hydrogen-bond acceptors (Lipinski definition) is 3. The molecule has 0 fully saturated rings. The Hall–Kier alpha value is -0.900. The number of ketones is 1. The molecule has 0 aromatic carbocycles. The van der Waals surface area contributed by atoms with Crippen LogP contribution >= 0.6 is 0 Å². The van der Waals surface area contributed by atoms with Crippen molar-refractivity contribution >= 4 is 11.8 Å². The number of Topliss-reactive ketones (excluding diaryl/α,β-unsaturated/α-hetero) is 1. The number of hydrogen-bond donors (Lipinski definition) is 2. The molecule has 2 N–H and O–H groups in total. The maximum absolute atomic E-state index is 10.6. The number of carbonyl (C=O) groups is 2. The van der Waals surface area contributed by atoms with Gasteiger partial charge < -0.3 is 10.2 Å². The van der Waals surface area contributed by atoms with Gasteiger partial charge in [0.1, 0.15) is 5.78 Å². The Kier molecular flexibility index (Phi) is 3.39. The molecule has 0 saturated carbocycles. The molecule has 0 saturated heterocycles. The zero-order valence-corrected chi connectivity index (χ0v) is 7.50. The fourth-order valence-electron chi connectivity index (χ4n) is 0.906. The summed E-state index contributed by atoms with van der Waals surface area (Å²) >= 11 is 0. The fraction of sp³-hybridized carbons (Fsp3) is 0.750. The number of carboxylic acids is 1. The van der Waals surface area contributed by atoms with Crippen LogP contribution in [-0.4, -0.2) is 27.6 Å². The zero-order chi connectivity index (χ0) is 9.94. The van der Waals surface area contributed by atoms with Crippen molar-refractivity contribution in [3.63, 3.8) is 0 Å². The molecule has 0 aliphatic heterocycles. The van der Waals surface area contributed by atoms with E-state index in [1.807, 2.05) is 0 Å². The summed E-state index contributed by atoms with van der Waals surface area (Å²) in [6.07, 6.45) is -0.333. The van der Waals surface area contributed by atoms with Crippen LogP contribution in [0.5, 0.6) is 0 Å². The van der Waals surface area contributed by atoms with Crippen LogP contribution in [0.15, 0.2) is 0 Å². The molecule has 70 valence electrons. The highest BCUT2D eigenvalue weighted by atomic mass is 16.4. The van der Waals surface area contributed by atoms with Gasteiger partial charge in [-0.05, 0) is 12.8 Å². The minimum Gasteiger partial charge on any atom is -0.479 e. The molecule has 0 aromatic heterocycles. The van der Waals surface area contributed by atoms with Crippen molar-refractivity contribution in [2.75, 3.05) is 0 Å². The Balaban J connectivity index is 4.62. The Morgan fingerprint density at radius 2 is 1.83 bits per heavy atom. The van der Waals surface area contributed by atoms with Gasteiger partial charge in [0.2, 0.25) is 0 Å². The van der Waals surface area contributed by atoms with Gasteiger partial charge in [0.15, 0.2) is 5.60 Å². The van der Waals surface area contributed by atoms with Gasteiger partial charge in [-0.3, -0.25) is 4.79 Å². The number of rotatable bonds is 4. The summed E-state index contributed by atoms with van der Waals surface area (Å²) in [5.74, 6) is -2.14. The second kappa shape index (κ2) is 3.67. The minimum atomic E-state index is -1.91. The van der Waals surface area contributed by atoms with E-state index in [2.05, 4.69) is 0 Å². The third-order valence-corrected chi connectivity index (χ3v) is 1.84. The molecule has 4 heteroatoms. The first-order valence-corrected chi connectivity index (χ1v) is 3.76. The van der Waals surface area contributed by atoms with Gasteiger partial charge >= 0.3 is 5.97 Å². The number of carbonyl (C=O) groups excluding carboxylic acids is 1. The monoisotopic (exact) mass is 174 g/mol. The molecule has 0 aromatic rings. The van der Waals surface area contributed by atoms with E-state index in [1.54, 1.807) is 13.8 Å². The van der Waals surface area contributed by atoms with Crippen molar-refractivity contribution in [1.82, 2.24) is 0 Å². The van der Waals surface area contributed by atoms with Crippen LogP contribution in [0.2, 0.25) is 0 Å². The van der Waals surface area contributed by atoms with Gasteiger partial charge in [-0.2, -0.15) is 0 Å². The van der Waals surface area contributed by atoms with E-state index < -0.39 is 17.5 Å². The zero-order valence-electron chi connectivity index (χ0n) is 7.50. The topological polar surface area (TPSA) is 74.6 Å². The first kappa shape index (κ1) is 11.1. The summed E-state index contributed by atoms with van der Waals surface area (Å²) < 4.78 is 0. The van der Waals surface area contributed by atoms with E-state index in [9.17, 15) is 14.7 Å². The summed E-state index contributed by atoms with van der Waals surface area (Å²) in [5.41, 5.74) is -1.91. The fourth-order valence-corrected chi connectivity index (χ4v) is 0.906. The molecule has 12 heavy (non-hydrogen) atoms. The molecule has 0 amide bonds. The van der Waals surface area contributed by atoms with Crippen LogP contribution in [-0.2, 0) is 9.59 Å². The number of carboxylic acid groups (broad SMARTS) is 1. The molecule has 0 spiro atoms. The van der Waals surface area contributed by atoms with E-state index in [0.29, 0.717) is 0 Å². The molecule has 0 radical (unpaired) electrons. The summed E-state index contributed by atoms with van der Waals surface area (Å²) in [7, 11) is 0. The average molecular weight is 174 g/mol. The van der Waals surface area contributed by atoms with Crippen molar-refractivity contribution < 1.29 is 19.8 Å². The molecule has 1 unspecified atom stereocenters. The Morgan fingerprint density at radius 1 is 1.42 bits per heavy atom. The predicted octanol–water partition coefficient (Wildman–Crippen LogP) is 0.437. The lowest BCUT2D eigenvalue weighted by Gasteiger charge is -2.25. The molecule has 0 aliphatic carbocycles. The van der Waals surface area contributed by atoms with Gasteiger partial charge in [-0.1, -0.05) is 13.8 Å². The first-order chi connectivity index (χ1) is 5.30. The third-order valence-electron chi connectivity index (χ3n) is 1.84. The van der Waals surface area contributed by atoms with Crippen molar-refractivity contribution in [2.24, 2.45) is 5.92 Å². The normalized spacial score (nSPS) is 15.8. The molecule has 1 atom stereocenters. The quantitative estimate of drug-likeness (QED) is 0.648. The number of aliphatic hydroxyl groups is 1. The third kappa shape index (κ3) is 2.30. The van der Waals surface area contributed by atoms with E-state index in [-0.39, 0.29) is 12.2 Å².